The monoisotopic (exact) mass is 372 g/mol. The Kier molecular flexibility index (Phi) is 3.81. The maximum Gasteiger partial charge on any atom is 0.278 e. The molecule has 6 nitrogen and oxygen atoms in total. The number of hydrogen-bond acceptors (Lipinski definition) is 5. The van der Waals surface area contributed by atoms with E-state index < -0.39 is 35.4 Å². The van der Waals surface area contributed by atoms with Crippen LogP contribution < -0.4 is 4.90 Å². The van der Waals surface area contributed by atoms with Crippen molar-refractivity contribution in [2.45, 2.75) is 6.10 Å². The average Bonchev–Trinajstić information content (AvgIpc) is 3.17. The zero-order valence-corrected chi connectivity index (χ0v) is 13.8. The summed E-state index contributed by atoms with van der Waals surface area (Å²) < 4.78 is 13.1. The topological polar surface area (TPSA) is 76.0 Å². The second-order valence-corrected chi connectivity index (χ2v) is 6.24. The summed E-state index contributed by atoms with van der Waals surface area (Å²) in [4.78, 5) is 43.9. The first kappa shape index (κ1) is 16.4. The third-order valence-corrected chi connectivity index (χ3v) is 4.49. The molecule has 0 saturated carbocycles. The van der Waals surface area contributed by atoms with Gasteiger partial charge in [0.15, 0.2) is 0 Å². The highest BCUT2D eigenvalue weighted by Crippen LogP contribution is 2.34. The number of amides is 2. The lowest BCUT2D eigenvalue weighted by atomic mass is 9.93. The fraction of sp³-hybridized carbons (Fsp3) is 0.111. The van der Waals surface area contributed by atoms with Gasteiger partial charge in [0.25, 0.3) is 5.91 Å². The molecule has 2 amide bonds. The largest absolute Gasteiger partial charge is 0.381 e. The molecule has 2 heterocycles. The highest BCUT2D eigenvalue weighted by molar-refractivity contribution is 6.52. The molecular weight excluding hydrogens is 363 g/mol. The van der Waals surface area contributed by atoms with Crippen LogP contribution in [0.25, 0.3) is 0 Å². The van der Waals surface area contributed by atoms with Gasteiger partial charge < -0.3 is 4.84 Å². The maximum absolute atomic E-state index is 13.1. The molecule has 0 bridgehead atoms. The number of halogens is 2. The lowest BCUT2D eigenvalue weighted by molar-refractivity contribution is -0.126. The Morgan fingerprint density at radius 1 is 1.04 bits per heavy atom. The number of carbonyl (C=O) groups is 3. The predicted molar refractivity (Wildman–Crippen MR) is 90.5 cm³/mol. The van der Waals surface area contributed by atoms with Gasteiger partial charge in [0.1, 0.15) is 17.4 Å². The summed E-state index contributed by atoms with van der Waals surface area (Å²) in [5.74, 6) is -3.42. The van der Waals surface area contributed by atoms with E-state index in [1.807, 2.05) is 0 Å². The SMILES string of the molecule is O=C(C1=NO[C@@H]2C(=O)N(c3ccc(F)cc3)C(=O)[C@H]12)c1ccc(Cl)cc1. The predicted octanol–water partition coefficient (Wildman–Crippen LogP) is 2.61. The summed E-state index contributed by atoms with van der Waals surface area (Å²) >= 11 is 5.81. The van der Waals surface area contributed by atoms with Gasteiger partial charge in [-0.15, -0.1) is 0 Å². The molecule has 26 heavy (non-hydrogen) atoms. The quantitative estimate of drug-likeness (QED) is 0.613. The highest BCUT2D eigenvalue weighted by Gasteiger charge is 2.57. The van der Waals surface area contributed by atoms with E-state index in [-0.39, 0.29) is 17.0 Å². The molecule has 2 aromatic rings. The van der Waals surface area contributed by atoms with Crippen molar-refractivity contribution >= 4 is 40.6 Å². The lowest BCUT2D eigenvalue weighted by Crippen LogP contribution is -2.34. The summed E-state index contributed by atoms with van der Waals surface area (Å²) in [6.07, 6.45) is -1.20. The second-order valence-electron chi connectivity index (χ2n) is 5.80. The van der Waals surface area contributed by atoms with Crippen molar-refractivity contribution in [3.05, 3.63) is 64.9 Å². The molecule has 0 spiro atoms. The molecule has 8 heteroatoms. The minimum absolute atomic E-state index is 0.139. The minimum Gasteiger partial charge on any atom is -0.381 e. The van der Waals surface area contributed by atoms with Crippen LogP contribution in [0.3, 0.4) is 0 Å². The summed E-state index contributed by atoms with van der Waals surface area (Å²) in [6.45, 7) is 0. The molecule has 2 atom stereocenters. The minimum atomic E-state index is -1.20. The average molecular weight is 373 g/mol. The van der Waals surface area contributed by atoms with Gasteiger partial charge in [0.05, 0.1) is 5.69 Å². The van der Waals surface area contributed by atoms with Crippen LogP contribution in [0.5, 0.6) is 0 Å². The Morgan fingerprint density at radius 3 is 2.35 bits per heavy atom. The molecule has 1 saturated heterocycles. The Balaban J connectivity index is 1.65. The molecule has 2 aliphatic heterocycles. The third kappa shape index (κ3) is 2.48. The summed E-state index contributed by atoms with van der Waals surface area (Å²) in [6, 6.07) is 11.0. The number of nitrogens with zero attached hydrogens (tertiary/aromatic N) is 2. The normalized spacial score (nSPS) is 21.5. The maximum atomic E-state index is 13.1. The van der Waals surface area contributed by atoms with E-state index in [0.717, 1.165) is 17.0 Å². The van der Waals surface area contributed by atoms with Crippen LogP contribution in [-0.4, -0.2) is 29.4 Å². The third-order valence-electron chi connectivity index (χ3n) is 4.24. The van der Waals surface area contributed by atoms with E-state index >= 15 is 0 Å². The number of benzene rings is 2. The van der Waals surface area contributed by atoms with Crippen molar-refractivity contribution in [1.29, 1.82) is 0 Å². The van der Waals surface area contributed by atoms with Crippen molar-refractivity contribution in [1.82, 2.24) is 0 Å². The van der Waals surface area contributed by atoms with Gasteiger partial charge in [0.2, 0.25) is 17.8 Å². The number of ketones is 1. The van der Waals surface area contributed by atoms with Crippen molar-refractivity contribution in [3.8, 4) is 0 Å². The van der Waals surface area contributed by atoms with Crippen molar-refractivity contribution < 1.29 is 23.6 Å². The molecule has 4 rings (SSSR count). The highest BCUT2D eigenvalue weighted by atomic mass is 35.5. The van der Waals surface area contributed by atoms with Crippen LogP contribution in [0.15, 0.2) is 53.7 Å². The number of hydrogen-bond donors (Lipinski definition) is 0. The van der Waals surface area contributed by atoms with E-state index in [0.29, 0.717) is 5.02 Å². The van der Waals surface area contributed by atoms with Gasteiger partial charge in [-0.05, 0) is 48.5 Å². The van der Waals surface area contributed by atoms with Crippen LogP contribution in [0, 0.1) is 11.7 Å². The van der Waals surface area contributed by atoms with Crippen molar-refractivity contribution in [3.63, 3.8) is 0 Å². The van der Waals surface area contributed by atoms with E-state index in [1.165, 1.54) is 36.4 Å². The number of anilines is 1. The molecule has 0 N–H and O–H groups in total. The van der Waals surface area contributed by atoms with E-state index in [2.05, 4.69) is 5.16 Å². The Hall–Kier alpha value is -3.06. The molecular formula is C18H10ClFN2O4. The first-order chi connectivity index (χ1) is 12.5. The summed E-state index contributed by atoms with van der Waals surface area (Å²) in [5.41, 5.74) is 0.343. The fourth-order valence-electron chi connectivity index (χ4n) is 2.96. The van der Waals surface area contributed by atoms with Crippen LogP contribution in [0.1, 0.15) is 10.4 Å². The smallest absolute Gasteiger partial charge is 0.278 e. The van der Waals surface area contributed by atoms with Gasteiger partial charge in [-0.2, -0.15) is 0 Å². The number of oxime groups is 1. The van der Waals surface area contributed by atoms with Crippen molar-refractivity contribution in [2.75, 3.05) is 4.90 Å². The van der Waals surface area contributed by atoms with Gasteiger partial charge in [-0.1, -0.05) is 16.8 Å². The number of carbonyl (C=O) groups excluding carboxylic acids is 3. The van der Waals surface area contributed by atoms with Gasteiger partial charge >= 0.3 is 0 Å². The molecule has 130 valence electrons. The van der Waals surface area contributed by atoms with Crippen LogP contribution in [0.4, 0.5) is 10.1 Å². The van der Waals surface area contributed by atoms with Crippen LogP contribution >= 0.6 is 11.6 Å². The lowest BCUT2D eigenvalue weighted by Gasteiger charge is -2.15. The van der Waals surface area contributed by atoms with E-state index in [4.69, 9.17) is 16.4 Å². The van der Waals surface area contributed by atoms with Crippen LogP contribution in [-0.2, 0) is 14.4 Å². The first-order valence-electron chi connectivity index (χ1n) is 7.65. The molecule has 2 aliphatic rings. The summed E-state index contributed by atoms with van der Waals surface area (Å²) in [7, 11) is 0. The number of fused-ring (bicyclic) bond motifs is 1. The molecule has 1 fully saturated rings. The van der Waals surface area contributed by atoms with E-state index in [9.17, 15) is 18.8 Å². The Morgan fingerprint density at radius 2 is 1.69 bits per heavy atom. The Bertz CT molecular complexity index is 956. The Labute approximate surface area is 151 Å². The van der Waals surface area contributed by atoms with Gasteiger partial charge in [-0.25, -0.2) is 9.29 Å². The van der Waals surface area contributed by atoms with Crippen LogP contribution in [0.2, 0.25) is 5.02 Å². The molecule has 0 radical (unpaired) electrons. The zero-order valence-electron chi connectivity index (χ0n) is 13.1. The van der Waals surface area contributed by atoms with E-state index in [1.54, 1.807) is 0 Å². The van der Waals surface area contributed by atoms with Crippen molar-refractivity contribution in [2.24, 2.45) is 11.1 Å². The second kappa shape index (κ2) is 6.03. The first-order valence-corrected chi connectivity index (χ1v) is 8.02. The molecule has 0 unspecified atom stereocenters. The fourth-order valence-corrected chi connectivity index (χ4v) is 3.09. The van der Waals surface area contributed by atoms with Gasteiger partial charge in [0, 0.05) is 10.6 Å². The molecule has 0 aromatic heterocycles. The zero-order chi connectivity index (χ0) is 18.4. The van der Waals surface area contributed by atoms with Gasteiger partial charge in [-0.3, -0.25) is 14.4 Å². The number of rotatable bonds is 3. The standard InChI is InChI=1S/C18H10ClFN2O4/c19-10-3-1-9(2-4-10)15(23)14-13-16(26-21-14)18(25)22(17(13)24)12-7-5-11(20)6-8-12/h1-8,13,16H/t13-,16+/m1/s1. The number of imide groups is 1. The number of Topliss-reactive ketones (excluding diaryl/α,β-unsaturated/α-hetero) is 1. The molecule has 2 aromatic carbocycles. The summed E-state index contributed by atoms with van der Waals surface area (Å²) in [5, 5.41) is 4.12. The molecule has 0 aliphatic carbocycles.